The number of aromatic nitrogens is 2. The van der Waals surface area contributed by atoms with Crippen LogP contribution < -0.4 is 10.6 Å². The van der Waals surface area contributed by atoms with E-state index in [1.807, 2.05) is 66.9 Å². The molecule has 0 fully saturated rings. The van der Waals surface area contributed by atoms with Gasteiger partial charge in [-0.1, -0.05) is 29.8 Å². The number of imidazole rings is 1. The second-order valence-electron chi connectivity index (χ2n) is 7.73. The standard InChI is InChI=1S/C25H32N4O3/c1-3-32-17-7-16-26-24(30)18-29-22-9-5-4-8-21(22)28-23(29)10-6-15-27-25(31)20-13-11-19(2)12-14-20/h4-5,8-9,11-14H,3,6-7,10,15-18H2,1-2H3,(H,26,30)(H,27,31). The van der Waals surface area contributed by atoms with E-state index in [4.69, 9.17) is 9.72 Å². The van der Waals surface area contributed by atoms with Crippen molar-refractivity contribution in [2.75, 3.05) is 26.3 Å². The lowest BCUT2D eigenvalue weighted by molar-refractivity contribution is -0.121. The molecule has 170 valence electrons. The SMILES string of the molecule is CCOCCCNC(=O)Cn1c(CCCNC(=O)c2ccc(C)cc2)nc2ccccc21. The molecule has 7 nitrogen and oxygen atoms in total. The van der Waals surface area contributed by atoms with Crippen molar-refractivity contribution >= 4 is 22.8 Å². The molecule has 0 saturated carbocycles. The van der Waals surface area contributed by atoms with Crippen LogP contribution in [0.3, 0.4) is 0 Å². The Balaban J connectivity index is 1.55. The summed E-state index contributed by atoms with van der Waals surface area (Å²) in [5.74, 6) is 0.726. The number of amides is 2. The number of benzene rings is 2. The highest BCUT2D eigenvalue weighted by atomic mass is 16.5. The summed E-state index contributed by atoms with van der Waals surface area (Å²) in [7, 11) is 0. The lowest BCUT2D eigenvalue weighted by Crippen LogP contribution is -2.29. The number of rotatable bonds is 12. The number of carbonyl (C=O) groups is 2. The van der Waals surface area contributed by atoms with E-state index >= 15 is 0 Å². The van der Waals surface area contributed by atoms with Gasteiger partial charge in [0.15, 0.2) is 0 Å². The summed E-state index contributed by atoms with van der Waals surface area (Å²) >= 11 is 0. The fourth-order valence-corrected chi connectivity index (χ4v) is 3.49. The van der Waals surface area contributed by atoms with Crippen LogP contribution in [0, 0.1) is 6.92 Å². The third-order valence-electron chi connectivity index (χ3n) is 5.20. The molecule has 0 atom stereocenters. The van der Waals surface area contributed by atoms with Crippen molar-refractivity contribution in [3.8, 4) is 0 Å². The van der Waals surface area contributed by atoms with Crippen molar-refractivity contribution in [3.05, 3.63) is 65.5 Å². The Morgan fingerprint density at radius 1 is 1.00 bits per heavy atom. The number of carbonyl (C=O) groups excluding carboxylic acids is 2. The minimum absolute atomic E-state index is 0.0430. The zero-order chi connectivity index (χ0) is 22.8. The molecule has 2 N–H and O–H groups in total. The number of nitrogens with one attached hydrogen (secondary N) is 2. The Morgan fingerprint density at radius 3 is 2.53 bits per heavy atom. The van der Waals surface area contributed by atoms with E-state index in [9.17, 15) is 9.59 Å². The first kappa shape index (κ1) is 23.5. The van der Waals surface area contributed by atoms with Gasteiger partial charge in [-0.2, -0.15) is 0 Å². The summed E-state index contributed by atoms with van der Waals surface area (Å²) < 4.78 is 7.27. The summed E-state index contributed by atoms with van der Waals surface area (Å²) in [4.78, 5) is 29.5. The molecule has 0 aliphatic carbocycles. The van der Waals surface area contributed by atoms with Crippen molar-refractivity contribution in [1.82, 2.24) is 20.2 Å². The molecule has 7 heteroatoms. The molecule has 3 rings (SSSR count). The van der Waals surface area contributed by atoms with Gasteiger partial charge in [0, 0.05) is 38.3 Å². The topological polar surface area (TPSA) is 85.2 Å². The molecule has 3 aromatic rings. The number of nitrogens with zero attached hydrogens (tertiary/aromatic N) is 2. The van der Waals surface area contributed by atoms with Gasteiger partial charge < -0.3 is 19.9 Å². The maximum atomic E-state index is 12.5. The molecule has 2 aromatic carbocycles. The summed E-state index contributed by atoms with van der Waals surface area (Å²) in [5.41, 5.74) is 3.59. The fourth-order valence-electron chi connectivity index (χ4n) is 3.49. The van der Waals surface area contributed by atoms with Crippen molar-refractivity contribution in [2.24, 2.45) is 0 Å². The molecule has 32 heavy (non-hydrogen) atoms. The molecule has 2 amide bonds. The first-order valence-electron chi connectivity index (χ1n) is 11.2. The van der Waals surface area contributed by atoms with Crippen molar-refractivity contribution in [2.45, 2.75) is 39.7 Å². The predicted molar refractivity (Wildman–Crippen MR) is 126 cm³/mol. The smallest absolute Gasteiger partial charge is 0.251 e. The summed E-state index contributed by atoms with van der Waals surface area (Å²) in [6.45, 7) is 6.63. The second kappa shape index (κ2) is 12.0. The predicted octanol–water partition coefficient (Wildman–Crippen LogP) is 3.25. The average molecular weight is 437 g/mol. The van der Waals surface area contributed by atoms with Crippen LogP contribution in [0.5, 0.6) is 0 Å². The van der Waals surface area contributed by atoms with Gasteiger partial charge in [-0.05, 0) is 51.0 Å². The summed E-state index contributed by atoms with van der Waals surface area (Å²) in [6, 6.07) is 15.3. The van der Waals surface area contributed by atoms with E-state index in [-0.39, 0.29) is 18.4 Å². The average Bonchev–Trinajstić information content (AvgIpc) is 3.14. The Labute approximate surface area is 189 Å². The molecule has 0 unspecified atom stereocenters. The second-order valence-corrected chi connectivity index (χ2v) is 7.73. The Kier molecular flexibility index (Phi) is 8.80. The molecule has 0 spiro atoms. The van der Waals surface area contributed by atoms with Gasteiger partial charge in [-0.15, -0.1) is 0 Å². The summed E-state index contributed by atoms with van der Waals surface area (Å²) in [5, 5.41) is 5.91. The van der Waals surface area contributed by atoms with Crippen LogP contribution in [0.15, 0.2) is 48.5 Å². The number of ether oxygens (including phenoxy) is 1. The third kappa shape index (κ3) is 6.65. The maximum Gasteiger partial charge on any atom is 0.251 e. The highest BCUT2D eigenvalue weighted by Gasteiger charge is 2.13. The van der Waals surface area contributed by atoms with Crippen LogP contribution in [0.1, 0.15) is 41.5 Å². The van der Waals surface area contributed by atoms with Crippen LogP contribution in [0.4, 0.5) is 0 Å². The molecule has 1 heterocycles. The molecule has 0 aliphatic heterocycles. The van der Waals surface area contributed by atoms with E-state index in [1.165, 1.54) is 0 Å². The first-order valence-corrected chi connectivity index (χ1v) is 11.2. The molecular formula is C25H32N4O3. The van der Waals surface area contributed by atoms with Gasteiger partial charge in [-0.3, -0.25) is 9.59 Å². The minimum atomic E-state index is -0.0788. The normalized spacial score (nSPS) is 10.9. The van der Waals surface area contributed by atoms with Gasteiger partial charge in [0.1, 0.15) is 12.4 Å². The van der Waals surface area contributed by atoms with Crippen LogP contribution in [0.25, 0.3) is 11.0 Å². The molecule has 0 saturated heterocycles. The van der Waals surface area contributed by atoms with Crippen molar-refractivity contribution < 1.29 is 14.3 Å². The van der Waals surface area contributed by atoms with Crippen LogP contribution in [-0.2, 0) is 22.5 Å². The van der Waals surface area contributed by atoms with E-state index in [0.717, 1.165) is 35.3 Å². The van der Waals surface area contributed by atoms with Crippen LogP contribution in [-0.4, -0.2) is 47.7 Å². The highest BCUT2D eigenvalue weighted by Crippen LogP contribution is 2.17. The van der Waals surface area contributed by atoms with Gasteiger partial charge in [-0.25, -0.2) is 4.98 Å². The van der Waals surface area contributed by atoms with E-state index in [1.54, 1.807) is 0 Å². The Bertz CT molecular complexity index is 1030. The first-order chi connectivity index (χ1) is 15.6. The third-order valence-corrected chi connectivity index (χ3v) is 5.20. The number of fused-ring (bicyclic) bond motifs is 1. The quantitative estimate of drug-likeness (QED) is 0.427. The molecule has 0 aliphatic rings. The monoisotopic (exact) mass is 436 g/mol. The number of para-hydroxylation sites is 2. The van der Waals surface area contributed by atoms with E-state index in [2.05, 4.69) is 10.6 Å². The largest absolute Gasteiger partial charge is 0.382 e. The number of aryl methyl sites for hydroxylation is 2. The van der Waals surface area contributed by atoms with Crippen molar-refractivity contribution in [3.63, 3.8) is 0 Å². The Hall–Kier alpha value is -3.19. The molecule has 0 bridgehead atoms. The van der Waals surface area contributed by atoms with Crippen LogP contribution in [0.2, 0.25) is 0 Å². The van der Waals surface area contributed by atoms with E-state index < -0.39 is 0 Å². The molecule has 1 aromatic heterocycles. The highest BCUT2D eigenvalue weighted by molar-refractivity contribution is 5.94. The zero-order valence-electron chi connectivity index (χ0n) is 18.9. The zero-order valence-corrected chi connectivity index (χ0v) is 18.9. The summed E-state index contributed by atoms with van der Waals surface area (Å²) in [6.07, 6.45) is 2.19. The minimum Gasteiger partial charge on any atom is -0.382 e. The van der Waals surface area contributed by atoms with Gasteiger partial charge in [0.2, 0.25) is 5.91 Å². The molecular weight excluding hydrogens is 404 g/mol. The fraction of sp³-hybridized carbons (Fsp3) is 0.400. The van der Waals surface area contributed by atoms with Gasteiger partial charge in [0.05, 0.1) is 11.0 Å². The van der Waals surface area contributed by atoms with Crippen LogP contribution >= 0.6 is 0 Å². The molecule has 0 radical (unpaired) electrons. The van der Waals surface area contributed by atoms with E-state index in [0.29, 0.717) is 38.3 Å². The lowest BCUT2D eigenvalue weighted by atomic mass is 10.1. The number of hydrogen-bond donors (Lipinski definition) is 2. The Morgan fingerprint density at radius 2 is 1.75 bits per heavy atom. The maximum absolute atomic E-state index is 12.5. The number of hydrogen-bond acceptors (Lipinski definition) is 4. The van der Waals surface area contributed by atoms with Gasteiger partial charge in [0.25, 0.3) is 5.91 Å². The van der Waals surface area contributed by atoms with Crippen molar-refractivity contribution in [1.29, 1.82) is 0 Å². The van der Waals surface area contributed by atoms with Gasteiger partial charge >= 0.3 is 0 Å². The lowest BCUT2D eigenvalue weighted by Gasteiger charge is -2.11.